The summed E-state index contributed by atoms with van der Waals surface area (Å²) in [5, 5.41) is 2.84. The molecule has 0 radical (unpaired) electrons. The van der Waals surface area contributed by atoms with Gasteiger partial charge in [-0.2, -0.15) is 4.72 Å². The van der Waals surface area contributed by atoms with Gasteiger partial charge in [0.1, 0.15) is 16.8 Å². The normalized spacial score (nSPS) is 12.5. The van der Waals surface area contributed by atoms with E-state index >= 15 is 0 Å². The second-order valence-electron chi connectivity index (χ2n) is 8.02. The summed E-state index contributed by atoms with van der Waals surface area (Å²) >= 11 is 0. The molecule has 0 saturated heterocycles. The first-order valence-electron chi connectivity index (χ1n) is 10.6. The molecule has 1 unspecified atom stereocenters. The zero-order valence-electron chi connectivity index (χ0n) is 18.7. The number of carbonyl (C=O) groups excluding carboxylic acids is 1. The molecule has 3 aromatic rings. The summed E-state index contributed by atoms with van der Waals surface area (Å²) < 4.78 is 42.3. The monoisotopic (exact) mass is 469 g/mol. The third kappa shape index (κ3) is 6.95. The largest absolute Gasteiger partial charge is 0.351 e. The van der Waals surface area contributed by atoms with Crippen molar-refractivity contribution >= 4 is 15.9 Å². The van der Waals surface area contributed by atoms with Crippen LogP contribution in [0.25, 0.3) is 0 Å². The molecule has 174 valence electrons. The van der Waals surface area contributed by atoms with E-state index < -0.39 is 32.7 Å². The van der Waals surface area contributed by atoms with Gasteiger partial charge in [0.2, 0.25) is 15.9 Å². The predicted molar refractivity (Wildman–Crippen MR) is 126 cm³/mol. The maximum Gasteiger partial charge on any atom is 0.244 e. The Morgan fingerprint density at radius 2 is 1.52 bits per heavy atom. The lowest BCUT2D eigenvalue weighted by atomic mass is 10.0. The van der Waals surface area contributed by atoms with Crippen molar-refractivity contribution in [1.29, 1.82) is 0 Å². The van der Waals surface area contributed by atoms with Gasteiger partial charge >= 0.3 is 0 Å². The number of nitrogens with zero attached hydrogens (tertiary/aromatic N) is 1. The Bertz CT molecular complexity index is 1180. The molecule has 0 aliphatic heterocycles. The van der Waals surface area contributed by atoms with Crippen LogP contribution in [0.1, 0.15) is 16.7 Å². The molecule has 6 nitrogen and oxygen atoms in total. The van der Waals surface area contributed by atoms with Crippen molar-refractivity contribution < 1.29 is 17.6 Å². The number of halogens is 1. The zero-order valence-corrected chi connectivity index (χ0v) is 19.5. The Balaban J connectivity index is 1.81. The Morgan fingerprint density at radius 3 is 2.18 bits per heavy atom. The Kier molecular flexibility index (Phi) is 8.32. The number of rotatable bonds is 10. The van der Waals surface area contributed by atoms with E-state index in [0.717, 1.165) is 22.8 Å². The van der Waals surface area contributed by atoms with Crippen molar-refractivity contribution in [3.05, 3.63) is 101 Å². The van der Waals surface area contributed by atoms with Gasteiger partial charge in [-0.1, -0.05) is 66.7 Å². The van der Waals surface area contributed by atoms with Crippen molar-refractivity contribution in [2.75, 3.05) is 14.1 Å². The summed E-state index contributed by atoms with van der Waals surface area (Å²) in [6.07, 6.45) is 0.125. The highest BCUT2D eigenvalue weighted by atomic mass is 32.2. The fourth-order valence-corrected chi connectivity index (χ4v) is 4.76. The van der Waals surface area contributed by atoms with Crippen LogP contribution in [0.5, 0.6) is 0 Å². The fraction of sp³-hybridized carbons (Fsp3) is 0.240. The summed E-state index contributed by atoms with van der Waals surface area (Å²) in [5.41, 5.74) is 2.78. The van der Waals surface area contributed by atoms with E-state index in [1.807, 2.05) is 73.6 Å². The Hall–Kier alpha value is -3.07. The minimum absolute atomic E-state index is 0.125. The van der Waals surface area contributed by atoms with Crippen molar-refractivity contribution in [2.45, 2.75) is 30.4 Å². The van der Waals surface area contributed by atoms with Gasteiger partial charge in [-0.3, -0.25) is 4.79 Å². The van der Waals surface area contributed by atoms with Crippen LogP contribution in [0, 0.1) is 5.82 Å². The molecule has 0 fully saturated rings. The van der Waals surface area contributed by atoms with E-state index in [9.17, 15) is 17.6 Å². The second kappa shape index (κ2) is 11.2. The van der Waals surface area contributed by atoms with E-state index in [1.165, 1.54) is 18.2 Å². The quantitative estimate of drug-likeness (QED) is 0.478. The summed E-state index contributed by atoms with van der Waals surface area (Å²) in [7, 11) is -0.333. The smallest absolute Gasteiger partial charge is 0.244 e. The second-order valence-corrected chi connectivity index (χ2v) is 9.70. The van der Waals surface area contributed by atoms with Crippen LogP contribution in [0.15, 0.2) is 83.8 Å². The molecular weight excluding hydrogens is 441 g/mol. The van der Waals surface area contributed by atoms with Gasteiger partial charge in [0, 0.05) is 13.1 Å². The Labute approximate surface area is 194 Å². The molecule has 3 rings (SSSR count). The lowest BCUT2D eigenvalue weighted by Crippen LogP contribution is -2.48. The average Bonchev–Trinajstić information content (AvgIpc) is 2.78. The molecule has 3 aromatic carbocycles. The Morgan fingerprint density at radius 1 is 0.909 bits per heavy atom. The van der Waals surface area contributed by atoms with Crippen LogP contribution in [0.3, 0.4) is 0 Å². The lowest BCUT2D eigenvalue weighted by molar-refractivity contribution is -0.122. The SMILES string of the molecule is CN(C)Cc1ccccc1CNC(=O)C(Cc1ccccc1)NS(=O)(=O)c1ccccc1F. The number of sulfonamides is 1. The number of hydrogen-bond acceptors (Lipinski definition) is 4. The predicted octanol–water partition coefficient (Wildman–Crippen LogP) is 3.09. The third-order valence-corrected chi connectivity index (χ3v) is 6.59. The van der Waals surface area contributed by atoms with Crippen LogP contribution >= 0.6 is 0 Å². The van der Waals surface area contributed by atoms with Crippen LogP contribution < -0.4 is 10.0 Å². The fourth-order valence-electron chi connectivity index (χ4n) is 3.48. The molecule has 0 saturated carbocycles. The van der Waals surface area contributed by atoms with Gasteiger partial charge in [0.05, 0.1) is 0 Å². The number of benzene rings is 3. The van der Waals surface area contributed by atoms with Crippen molar-refractivity contribution in [3.8, 4) is 0 Å². The van der Waals surface area contributed by atoms with Gasteiger partial charge in [-0.25, -0.2) is 12.8 Å². The maximum atomic E-state index is 14.2. The standard InChI is InChI=1S/C25H28FN3O3S/c1-29(2)18-21-13-7-6-12-20(21)17-27-25(30)23(16-19-10-4-3-5-11-19)28-33(31,32)24-15-9-8-14-22(24)26/h3-15,23,28H,16-18H2,1-2H3,(H,27,30). The highest BCUT2D eigenvalue weighted by molar-refractivity contribution is 7.89. The average molecular weight is 470 g/mol. The molecule has 0 aromatic heterocycles. The van der Waals surface area contributed by atoms with Crippen LogP contribution in [-0.2, 0) is 34.3 Å². The first-order valence-corrected chi connectivity index (χ1v) is 12.0. The van der Waals surface area contributed by atoms with Crippen LogP contribution in [0.4, 0.5) is 4.39 Å². The van der Waals surface area contributed by atoms with Crippen molar-refractivity contribution in [2.24, 2.45) is 0 Å². The van der Waals surface area contributed by atoms with E-state index in [2.05, 4.69) is 10.0 Å². The zero-order chi connectivity index (χ0) is 23.8. The molecule has 1 amide bonds. The van der Waals surface area contributed by atoms with E-state index in [-0.39, 0.29) is 13.0 Å². The van der Waals surface area contributed by atoms with Gasteiger partial charge in [0.25, 0.3) is 0 Å². The first-order chi connectivity index (χ1) is 15.8. The minimum Gasteiger partial charge on any atom is -0.351 e. The highest BCUT2D eigenvalue weighted by Crippen LogP contribution is 2.16. The summed E-state index contributed by atoms with van der Waals surface area (Å²) in [6.45, 7) is 0.953. The number of amides is 1. The van der Waals surface area contributed by atoms with Gasteiger partial charge in [0.15, 0.2) is 0 Å². The molecule has 8 heteroatoms. The third-order valence-electron chi connectivity index (χ3n) is 5.08. The van der Waals surface area contributed by atoms with Crippen LogP contribution in [0.2, 0.25) is 0 Å². The van der Waals surface area contributed by atoms with Crippen molar-refractivity contribution in [1.82, 2.24) is 14.9 Å². The summed E-state index contributed by atoms with van der Waals surface area (Å²) in [6, 6.07) is 20.8. The molecular formula is C25H28FN3O3S. The minimum atomic E-state index is -4.25. The topological polar surface area (TPSA) is 78.5 Å². The molecule has 0 aliphatic rings. The first kappa shape index (κ1) is 24.6. The summed E-state index contributed by atoms with van der Waals surface area (Å²) in [4.78, 5) is 14.6. The van der Waals surface area contributed by atoms with Gasteiger partial charge < -0.3 is 10.2 Å². The highest BCUT2D eigenvalue weighted by Gasteiger charge is 2.28. The van der Waals surface area contributed by atoms with Gasteiger partial charge in [-0.15, -0.1) is 0 Å². The lowest BCUT2D eigenvalue weighted by Gasteiger charge is -2.20. The number of hydrogen-bond donors (Lipinski definition) is 2. The number of nitrogens with one attached hydrogen (secondary N) is 2. The molecule has 0 spiro atoms. The molecule has 1 atom stereocenters. The van der Waals surface area contributed by atoms with E-state index in [0.29, 0.717) is 6.54 Å². The van der Waals surface area contributed by atoms with Crippen LogP contribution in [-0.4, -0.2) is 39.4 Å². The number of carbonyl (C=O) groups is 1. The van der Waals surface area contributed by atoms with E-state index in [4.69, 9.17) is 0 Å². The van der Waals surface area contributed by atoms with Gasteiger partial charge in [-0.05, 0) is 49.3 Å². The molecule has 2 N–H and O–H groups in total. The molecule has 0 heterocycles. The maximum absolute atomic E-state index is 14.2. The van der Waals surface area contributed by atoms with Crippen molar-refractivity contribution in [3.63, 3.8) is 0 Å². The van der Waals surface area contributed by atoms with E-state index in [1.54, 1.807) is 0 Å². The molecule has 0 aliphatic carbocycles. The molecule has 0 bridgehead atoms. The summed E-state index contributed by atoms with van der Waals surface area (Å²) in [5.74, 6) is -1.36. The molecule has 33 heavy (non-hydrogen) atoms.